The standard InChI is InChI=1S/C18H15Cl2N3O3S2/c1-10(24)21-7-12-3-5-16(28-12)14-9-27-18(22-14)23-17(25)8-26-15-6-11(19)2-4-13(15)20/h2-6,9H,7-8H2,1H3,(H,21,24)(H,22,23,25). The number of thiophene rings is 1. The third kappa shape index (κ3) is 5.68. The SMILES string of the molecule is CC(=O)NCc1ccc(-c2csc(NC(=O)COc3cc(Cl)ccc3Cl)n2)s1. The summed E-state index contributed by atoms with van der Waals surface area (Å²) in [4.78, 5) is 29.5. The molecule has 0 aliphatic carbocycles. The number of halogens is 2. The van der Waals surface area contributed by atoms with Crippen molar-refractivity contribution in [2.45, 2.75) is 13.5 Å². The number of thiazole rings is 1. The summed E-state index contributed by atoms with van der Waals surface area (Å²) in [6.45, 7) is 1.75. The van der Waals surface area contributed by atoms with Gasteiger partial charge in [-0.2, -0.15) is 0 Å². The van der Waals surface area contributed by atoms with Crippen molar-refractivity contribution >= 4 is 62.8 Å². The molecule has 0 atom stereocenters. The van der Waals surface area contributed by atoms with Crippen molar-refractivity contribution in [3.8, 4) is 16.3 Å². The second-order valence-corrected chi connectivity index (χ2v) is 8.50. The summed E-state index contributed by atoms with van der Waals surface area (Å²) in [5.41, 5.74) is 0.762. The molecule has 0 aliphatic heterocycles. The normalized spacial score (nSPS) is 10.5. The lowest BCUT2D eigenvalue weighted by molar-refractivity contribution is -0.119. The van der Waals surface area contributed by atoms with E-state index in [1.54, 1.807) is 18.2 Å². The predicted octanol–water partition coefficient (Wildman–Crippen LogP) is 4.83. The first-order valence-electron chi connectivity index (χ1n) is 8.07. The Bertz CT molecular complexity index is 1000. The molecule has 28 heavy (non-hydrogen) atoms. The summed E-state index contributed by atoms with van der Waals surface area (Å²) in [5.74, 6) is -0.0845. The van der Waals surface area contributed by atoms with Gasteiger partial charge in [0, 0.05) is 28.3 Å². The minimum atomic E-state index is -0.352. The van der Waals surface area contributed by atoms with E-state index in [1.807, 2.05) is 17.5 Å². The Balaban J connectivity index is 1.56. The lowest BCUT2D eigenvalue weighted by atomic mass is 10.3. The fourth-order valence-electron chi connectivity index (χ4n) is 2.15. The van der Waals surface area contributed by atoms with Crippen LogP contribution in [0.2, 0.25) is 10.0 Å². The molecule has 0 radical (unpaired) electrons. The number of nitrogens with one attached hydrogen (secondary N) is 2. The number of carbonyl (C=O) groups is 2. The largest absolute Gasteiger partial charge is 0.482 e. The van der Waals surface area contributed by atoms with Crippen LogP contribution in [0.5, 0.6) is 5.75 Å². The molecular weight excluding hydrogens is 441 g/mol. The average molecular weight is 456 g/mol. The van der Waals surface area contributed by atoms with Crippen molar-refractivity contribution in [2.75, 3.05) is 11.9 Å². The van der Waals surface area contributed by atoms with Crippen LogP contribution in [0.1, 0.15) is 11.8 Å². The molecule has 146 valence electrons. The van der Waals surface area contributed by atoms with Gasteiger partial charge >= 0.3 is 0 Å². The van der Waals surface area contributed by atoms with Crippen molar-refractivity contribution < 1.29 is 14.3 Å². The summed E-state index contributed by atoms with van der Waals surface area (Å²) in [5, 5.41) is 8.63. The van der Waals surface area contributed by atoms with Gasteiger partial charge in [-0.25, -0.2) is 4.98 Å². The van der Waals surface area contributed by atoms with Crippen molar-refractivity contribution in [1.29, 1.82) is 0 Å². The van der Waals surface area contributed by atoms with E-state index in [0.717, 1.165) is 15.4 Å². The molecule has 2 amide bonds. The molecule has 0 saturated heterocycles. The third-order valence-corrected chi connectivity index (χ3v) is 5.84. The first kappa shape index (κ1) is 20.6. The van der Waals surface area contributed by atoms with Crippen LogP contribution in [-0.4, -0.2) is 23.4 Å². The molecule has 2 aromatic heterocycles. The molecule has 10 heteroatoms. The molecular formula is C18H15Cl2N3O3S2. The van der Waals surface area contributed by atoms with Crippen molar-refractivity contribution in [1.82, 2.24) is 10.3 Å². The highest BCUT2D eigenvalue weighted by Crippen LogP contribution is 2.31. The third-order valence-electron chi connectivity index (χ3n) is 3.43. The Morgan fingerprint density at radius 2 is 2.04 bits per heavy atom. The first-order chi connectivity index (χ1) is 13.4. The van der Waals surface area contributed by atoms with Gasteiger partial charge in [-0.3, -0.25) is 14.9 Å². The molecule has 2 heterocycles. The highest BCUT2D eigenvalue weighted by atomic mass is 35.5. The van der Waals surface area contributed by atoms with Crippen LogP contribution in [0.4, 0.5) is 5.13 Å². The number of aromatic nitrogens is 1. The smallest absolute Gasteiger partial charge is 0.264 e. The Morgan fingerprint density at radius 3 is 2.82 bits per heavy atom. The van der Waals surface area contributed by atoms with Gasteiger partial charge in [0.1, 0.15) is 5.75 Å². The van der Waals surface area contributed by atoms with Crippen LogP contribution in [0.3, 0.4) is 0 Å². The number of ether oxygens (including phenoxy) is 1. The number of anilines is 1. The van der Waals surface area contributed by atoms with Gasteiger partial charge in [0.05, 0.1) is 22.1 Å². The van der Waals surface area contributed by atoms with Crippen LogP contribution >= 0.6 is 45.9 Å². The van der Waals surface area contributed by atoms with E-state index in [2.05, 4.69) is 15.6 Å². The van der Waals surface area contributed by atoms with Crippen molar-refractivity contribution in [3.63, 3.8) is 0 Å². The summed E-state index contributed by atoms with van der Waals surface area (Å²) in [6, 6.07) is 8.67. The van der Waals surface area contributed by atoms with E-state index in [9.17, 15) is 9.59 Å². The number of nitrogens with zero attached hydrogens (tertiary/aromatic N) is 1. The zero-order valence-electron chi connectivity index (χ0n) is 14.6. The van der Waals surface area contributed by atoms with Gasteiger partial charge in [-0.05, 0) is 24.3 Å². The van der Waals surface area contributed by atoms with Gasteiger partial charge in [0.25, 0.3) is 5.91 Å². The maximum Gasteiger partial charge on any atom is 0.264 e. The van der Waals surface area contributed by atoms with Crippen molar-refractivity contribution in [2.24, 2.45) is 0 Å². The molecule has 2 N–H and O–H groups in total. The van der Waals surface area contributed by atoms with E-state index >= 15 is 0 Å². The topological polar surface area (TPSA) is 80.3 Å². The second kappa shape index (κ2) is 9.38. The van der Waals surface area contributed by atoms with E-state index in [1.165, 1.54) is 29.6 Å². The van der Waals surface area contributed by atoms with E-state index in [4.69, 9.17) is 27.9 Å². The van der Waals surface area contributed by atoms with Crippen LogP contribution in [-0.2, 0) is 16.1 Å². The van der Waals surface area contributed by atoms with Gasteiger partial charge < -0.3 is 10.1 Å². The minimum Gasteiger partial charge on any atom is -0.482 e. The number of rotatable bonds is 7. The zero-order chi connectivity index (χ0) is 20.1. The van der Waals surface area contributed by atoms with Crippen LogP contribution < -0.4 is 15.4 Å². The second-order valence-electron chi connectivity index (χ2n) is 5.63. The Labute approximate surface area is 179 Å². The molecule has 3 rings (SSSR count). The average Bonchev–Trinajstić information content (AvgIpc) is 3.30. The number of amides is 2. The number of hydrogen-bond acceptors (Lipinski definition) is 6. The summed E-state index contributed by atoms with van der Waals surface area (Å²) in [7, 11) is 0. The summed E-state index contributed by atoms with van der Waals surface area (Å²) >= 11 is 14.8. The predicted molar refractivity (Wildman–Crippen MR) is 114 cm³/mol. The van der Waals surface area contributed by atoms with Crippen LogP contribution in [0.15, 0.2) is 35.7 Å². The quantitative estimate of drug-likeness (QED) is 0.534. The molecule has 0 fully saturated rings. The molecule has 0 unspecified atom stereocenters. The maximum absolute atomic E-state index is 12.1. The highest BCUT2D eigenvalue weighted by molar-refractivity contribution is 7.17. The molecule has 3 aromatic rings. The highest BCUT2D eigenvalue weighted by Gasteiger charge is 2.12. The fourth-order valence-corrected chi connectivity index (χ4v) is 4.20. The summed E-state index contributed by atoms with van der Waals surface area (Å²) in [6.07, 6.45) is 0. The van der Waals surface area contributed by atoms with Crippen LogP contribution in [0.25, 0.3) is 10.6 Å². The lowest BCUT2D eigenvalue weighted by Gasteiger charge is -2.07. The summed E-state index contributed by atoms with van der Waals surface area (Å²) < 4.78 is 5.41. The number of hydrogen-bond donors (Lipinski definition) is 2. The number of carbonyl (C=O) groups excluding carboxylic acids is 2. The molecule has 0 spiro atoms. The van der Waals surface area contributed by atoms with Crippen LogP contribution in [0, 0.1) is 0 Å². The van der Waals surface area contributed by atoms with Gasteiger partial charge in [0.2, 0.25) is 5.91 Å². The minimum absolute atomic E-state index is 0.0742. The Morgan fingerprint density at radius 1 is 1.21 bits per heavy atom. The fraction of sp³-hybridized carbons (Fsp3) is 0.167. The molecule has 0 saturated carbocycles. The Hall–Kier alpha value is -2.13. The van der Waals surface area contributed by atoms with E-state index in [0.29, 0.717) is 27.5 Å². The zero-order valence-corrected chi connectivity index (χ0v) is 17.8. The molecule has 6 nitrogen and oxygen atoms in total. The van der Waals surface area contributed by atoms with Gasteiger partial charge in [0.15, 0.2) is 11.7 Å². The van der Waals surface area contributed by atoms with Crippen molar-refractivity contribution in [3.05, 3.63) is 50.6 Å². The van der Waals surface area contributed by atoms with E-state index < -0.39 is 0 Å². The first-order valence-corrected chi connectivity index (χ1v) is 10.5. The van der Waals surface area contributed by atoms with Gasteiger partial charge in [-0.15, -0.1) is 22.7 Å². The lowest BCUT2D eigenvalue weighted by Crippen LogP contribution is -2.20. The Kier molecular flexibility index (Phi) is 6.90. The molecule has 0 aliphatic rings. The van der Waals surface area contributed by atoms with E-state index in [-0.39, 0.29) is 18.4 Å². The molecule has 0 bridgehead atoms. The van der Waals surface area contributed by atoms with Gasteiger partial charge in [-0.1, -0.05) is 23.2 Å². The number of benzene rings is 1. The molecule has 1 aromatic carbocycles. The monoisotopic (exact) mass is 455 g/mol. The maximum atomic E-state index is 12.1.